The van der Waals surface area contributed by atoms with Crippen LogP contribution in [0.2, 0.25) is 0 Å². The van der Waals surface area contributed by atoms with Crippen molar-refractivity contribution in [1.82, 2.24) is 10.2 Å². The number of nitrogens with zero attached hydrogens (tertiary/aromatic N) is 1. The highest BCUT2D eigenvalue weighted by atomic mass is 16.4. The Balaban J connectivity index is 2.53. The number of carbonyl (C=O) groups is 3. The Morgan fingerprint density at radius 2 is 1.87 bits per heavy atom. The van der Waals surface area contributed by atoms with Gasteiger partial charge in [0.05, 0.1) is 6.54 Å². The Labute approximate surface area is 138 Å². The number of likely N-dealkylation sites (tertiary alicyclic amines) is 1. The lowest BCUT2D eigenvalue weighted by Crippen LogP contribution is -2.47. The average molecular weight is 326 g/mol. The van der Waals surface area contributed by atoms with Crippen LogP contribution in [-0.4, -0.2) is 46.9 Å². The SMILES string of the molecule is CC(C)(C)CCC(NC(=O)CN1CCCCCCC1=O)C(=O)O. The predicted octanol–water partition coefficient (Wildman–Crippen LogP) is 2.17. The predicted molar refractivity (Wildman–Crippen MR) is 87.9 cm³/mol. The van der Waals surface area contributed by atoms with Crippen molar-refractivity contribution in [3.63, 3.8) is 0 Å². The highest BCUT2D eigenvalue weighted by molar-refractivity contribution is 5.87. The molecule has 1 rings (SSSR count). The summed E-state index contributed by atoms with van der Waals surface area (Å²) in [5, 5.41) is 11.8. The summed E-state index contributed by atoms with van der Waals surface area (Å²) in [4.78, 5) is 37.0. The molecule has 6 heteroatoms. The van der Waals surface area contributed by atoms with Crippen molar-refractivity contribution < 1.29 is 19.5 Å². The van der Waals surface area contributed by atoms with Gasteiger partial charge in [0.25, 0.3) is 0 Å². The number of amides is 2. The van der Waals surface area contributed by atoms with Gasteiger partial charge in [0, 0.05) is 13.0 Å². The summed E-state index contributed by atoms with van der Waals surface area (Å²) in [6.45, 7) is 6.63. The van der Waals surface area contributed by atoms with Gasteiger partial charge in [-0.25, -0.2) is 4.79 Å². The zero-order chi connectivity index (χ0) is 17.5. The van der Waals surface area contributed by atoms with Crippen LogP contribution in [0.15, 0.2) is 0 Å². The first-order valence-corrected chi connectivity index (χ1v) is 8.49. The minimum Gasteiger partial charge on any atom is -0.480 e. The fourth-order valence-corrected chi connectivity index (χ4v) is 2.63. The van der Waals surface area contributed by atoms with Gasteiger partial charge in [-0.2, -0.15) is 0 Å². The molecule has 2 amide bonds. The molecule has 0 aromatic carbocycles. The molecule has 6 nitrogen and oxygen atoms in total. The Kier molecular flexibility index (Phi) is 7.52. The van der Waals surface area contributed by atoms with E-state index in [9.17, 15) is 19.5 Å². The topological polar surface area (TPSA) is 86.7 Å². The summed E-state index contributed by atoms with van der Waals surface area (Å²) < 4.78 is 0. The second-order valence-electron chi connectivity index (χ2n) is 7.54. The van der Waals surface area contributed by atoms with Crippen molar-refractivity contribution in [2.24, 2.45) is 5.41 Å². The maximum Gasteiger partial charge on any atom is 0.326 e. The van der Waals surface area contributed by atoms with Gasteiger partial charge in [0.1, 0.15) is 6.04 Å². The first-order valence-electron chi connectivity index (χ1n) is 8.49. The van der Waals surface area contributed by atoms with E-state index in [-0.39, 0.29) is 23.8 Å². The highest BCUT2D eigenvalue weighted by Gasteiger charge is 2.25. The lowest BCUT2D eigenvalue weighted by atomic mass is 9.88. The van der Waals surface area contributed by atoms with E-state index in [2.05, 4.69) is 5.32 Å². The molecule has 0 radical (unpaired) electrons. The summed E-state index contributed by atoms with van der Waals surface area (Å²) in [7, 11) is 0. The third-order valence-electron chi connectivity index (χ3n) is 4.07. The van der Waals surface area contributed by atoms with Crippen molar-refractivity contribution in [2.45, 2.75) is 71.8 Å². The summed E-state index contributed by atoms with van der Waals surface area (Å²) >= 11 is 0. The molecule has 1 fully saturated rings. The molecule has 1 saturated heterocycles. The van der Waals surface area contributed by atoms with Crippen LogP contribution in [0.1, 0.15) is 65.7 Å². The third-order valence-corrected chi connectivity index (χ3v) is 4.07. The molecule has 1 aliphatic rings. The van der Waals surface area contributed by atoms with Gasteiger partial charge in [-0.1, -0.05) is 33.6 Å². The molecular weight excluding hydrogens is 296 g/mol. The monoisotopic (exact) mass is 326 g/mol. The van der Waals surface area contributed by atoms with E-state index in [1.165, 1.54) is 0 Å². The van der Waals surface area contributed by atoms with Gasteiger partial charge in [-0.05, 0) is 31.1 Å². The summed E-state index contributed by atoms with van der Waals surface area (Å²) in [6.07, 6.45) is 5.44. The van der Waals surface area contributed by atoms with Crippen molar-refractivity contribution in [2.75, 3.05) is 13.1 Å². The number of carboxylic acids is 1. The molecule has 0 aromatic heterocycles. The van der Waals surface area contributed by atoms with E-state index in [0.29, 0.717) is 25.8 Å². The number of rotatable bonds is 6. The second kappa shape index (κ2) is 8.89. The Morgan fingerprint density at radius 3 is 2.48 bits per heavy atom. The first-order chi connectivity index (χ1) is 10.7. The molecular formula is C17H30N2O4. The molecule has 2 N–H and O–H groups in total. The van der Waals surface area contributed by atoms with Crippen LogP contribution in [0.25, 0.3) is 0 Å². The number of nitrogens with one attached hydrogen (secondary N) is 1. The lowest BCUT2D eigenvalue weighted by Gasteiger charge is -2.26. The number of hydrogen-bond donors (Lipinski definition) is 2. The standard InChI is InChI=1S/C17H30N2O4/c1-17(2,3)10-9-13(16(22)23)18-14(20)12-19-11-7-5-4-6-8-15(19)21/h13H,4-12H2,1-3H3,(H,18,20)(H,22,23). The van der Waals surface area contributed by atoms with Gasteiger partial charge in [-0.3, -0.25) is 9.59 Å². The summed E-state index contributed by atoms with van der Waals surface area (Å²) in [5.74, 6) is -1.43. The van der Waals surface area contributed by atoms with Crippen LogP contribution in [0, 0.1) is 5.41 Å². The fraction of sp³-hybridized carbons (Fsp3) is 0.824. The maximum absolute atomic E-state index is 12.1. The first kappa shape index (κ1) is 19.5. The zero-order valence-electron chi connectivity index (χ0n) is 14.6. The van der Waals surface area contributed by atoms with E-state index in [1.54, 1.807) is 4.90 Å². The van der Waals surface area contributed by atoms with E-state index in [1.807, 2.05) is 20.8 Å². The van der Waals surface area contributed by atoms with Crippen molar-refractivity contribution in [3.8, 4) is 0 Å². The molecule has 132 valence electrons. The molecule has 23 heavy (non-hydrogen) atoms. The Morgan fingerprint density at radius 1 is 1.22 bits per heavy atom. The van der Waals surface area contributed by atoms with Crippen LogP contribution >= 0.6 is 0 Å². The van der Waals surface area contributed by atoms with Gasteiger partial charge in [0.2, 0.25) is 11.8 Å². The number of hydrogen-bond acceptors (Lipinski definition) is 3. The second-order valence-corrected chi connectivity index (χ2v) is 7.54. The molecule has 0 spiro atoms. The van der Waals surface area contributed by atoms with Gasteiger partial charge >= 0.3 is 5.97 Å². The van der Waals surface area contributed by atoms with Crippen LogP contribution in [0.3, 0.4) is 0 Å². The molecule has 0 aliphatic carbocycles. The van der Waals surface area contributed by atoms with Crippen molar-refractivity contribution in [1.29, 1.82) is 0 Å². The molecule has 1 aliphatic heterocycles. The van der Waals surface area contributed by atoms with Gasteiger partial charge in [0.15, 0.2) is 0 Å². The largest absolute Gasteiger partial charge is 0.480 e. The summed E-state index contributed by atoms with van der Waals surface area (Å²) in [6, 6.07) is -0.897. The van der Waals surface area contributed by atoms with Gasteiger partial charge < -0.3 is 15.3 Å². The van der Waals surface area contributed by atoms with Crippen molar-refractivity contribution in [3.05, 3.63) is 0 Å². The minimum atomic E-state index is -1.03. The highest BCUT2D eigenvalue weighted by Crippen LogP contribution is 2.21. The normalized spacial score (nSPS) is 18.0. The molecule has 0 saturated carbocycles. The third kappa shape index (κ3) is 8.00. The lowest BCUT2D eigenvalue weighted by molar-refractivity contribution is -0.143. The molecule has 1 heterocycles. The fourth-order valence-electron chi connectivity index (χ4n) is 2.63. The van der Waals surface area contributed by atoms with Crippen molar-refractivity contribution >= 4 is 17.8 Å². The quantitative estimate of drug-likeness (QED) is 0.783. The van der Waals surface area contributed by atoms with E-state index in [4.69, 9.17) is 0 Å². The van der Waals surface area contributed by atoms with E-state index < -0.39 is 12.0 Å². The molecule has 1 atom stereocenters. The zero-order valence-corrected chi connectivity index (χ0v) is 14.6. The van der Waals surface area contributed by atoms with E-state index in [0.717, 1.165) is 25.7 Å². The van der Waals surface area contributed by atoms with Crippen LogP contribution in [0.4, 0.5) is 0 Å². The molecule has 0 aromatic rings. The molecule has 1 unspecified atom stereocenters. The van der Waals surface area contributed by atoms with Crippen LogP contribution in [0.5, 0.6) is 0 Å². The van der Waals surface area contributed by atoms with Gasteiger partial charge in [-0.15, -0.1) is 0 Å². The Bertz CT molecular complexity index is 429. The number of aliphatic carboxylic acids is 1. The molecule has 0 bridgehead atoms. The Hall–Kier alpha value is -1.59. The van der Waals surface area contributed by atoms with Crippen LogP contribution < -0.4 is 5.32 Å². The smallest absolute Gasteiger partial charge is 0.326 e. The van der Waals surface area contributed by atoms with Crippen LogP contribution in [-0.2, 0) is 14.4 Å². The summed E-state index contributed by atoms with van der Waals surface area (Å²) in [5.41, 5.74) is 0.0113. The average Bonchev–Trinajstić information content (AvgIpc) is 2.42. The van der Waals surface area contributed by atoms with E-state index >= 15 is 0 Å². The minimum absolute atomic E-state index is 0.0113. The number of carbonyl (C=O) groups excluding carboxylic acids is 2. The maximum atomic E-state index is 12.1. The number of carboxylic acid groups (broad SMARTS) is 1.